The van der Waals surface area contributed by atoms with E-state index in [2.05, 4.69) is 20.2 Å². The number of hydrogen-bond acceptors (Lipinski definition) is 7. The molecule has 3 heterocycles. The third-order valence-corrected chi connectivity index (χ3v) is 5.25. The van der Waals surface area contributed by atoms with Gasteiger partial charge in [-0.3, -0.25) is 0 Å². The number of fused-ring (bicyclic) bond motifs is 1. The molecule has 1 atom stereocenters. The summed E-state index contributed by atoms with van der Waals surface area (Å²) in [6.45, 7) is 2.06. The lowest BCUT2D eigenvalue weighted by Crippen LogP contribution is -2.24. The molecule has 0 radical (unpaired) electrons. The van der Waals surface area contributed by atoms with Crippen molar-refractivity contribution in [3.63, 3.8) is 0 Å². The summed E-state index contributed by atoms with van der Waals surface area (Å²) in [6.07, 6.45) is 6.43. The highest BCUT2D eigenvalue weighted by Gasteiger charge is 2.20. The zero-order valence-corrected chi connectivity index (χ0v) is 16.0. The number of hydrogen-bond donors (Lipinski definition) is 1. The average Bonchev–Trinajstić information content (AvgIpc) is 3.32. The summed E-state index contributed by atoms with van der Waals surface area (Å²) in [6, 6.07) is 9.62. The van der Waals surface area contributed by atoms with Crippen LogP contribution in [0.25, 0.3) is 28.1 Å². The number of rotatable bonds is 6. The Hall–Kier alpha value is -3.10. The fraction of sp³-hybridized carbons (Fsp3) is 0.333. The molecule has 5 rings (SSSR count). The Balaban J connectivity index is 1.36. The van der Waals surface area contributed by atoms with Crippen LogP contribution in [0.15, 0.2) is 47.2 Å². The quantitative estimate of drug-likeness (QED) is 0.538. The lowest BCUT2D eigenvalue weighted by molar-refractivity contribution is -0.0427. The smallest absolute Gasteiger partial charge is 0.223 e. The molecule has 0 aliphatic heterocycles. The third kappa shape index (κ3) is 3.52. The number of pyridine rings is 1. The van der Waals surface area contributed by atoms with E-state index in [0.29, 0.717) is 24.4 Å². The SMILES string of the molecule is Cc1nc(-c2ccc(-n3ncc4cc([C@H](O)COC5CCC5)cnc43)cc2)no1. The van der Waals surface area contributed by atoms with Crippen molar-refractivity contribution >= 4 is 11.0 Å². The number of aliphatic hydroxyl groups is 1. The van der Waals surface area contributed by atoms with Gasteiger partial charge in [-0.1, -0.05) is 5.16 Å². The van der Waals surface area contributed by atoms with Gasteiger partial charge in [0.25, 0.3) is 0 Å². The van der Waals surface area contributed by atoms with Crippen molar-refractivity contribution in [2.24, 2.45) is 0 Å². The van der Waals surface area contributed by atoms with E-state index in [1.54, 1.807) is 24.0 Å². The highest BCUT2D eigenvalue weighted by molar-refractivity contribution is 5.77. The zero-order chi connectivity index (χ0) is 19.8. The summed E-state index contributed by atoms with van der Waals surface area (Å²) < 4.78 is 12.5. The van der Waals surface area contributed by atoms with Gasteiger partial charge in [0.05, 0.1) is 24.6 Å². The van der Waals surface area contributed by atoms with Crippen molar-refractivity contribution in [1.82, 2.24) is 24.9 Å². The molecule has 148 valence electrons. The predicted octanol–water partition coefficient (Wildman–Crippen LogP) is 3.38. The van der Waals surface area contributed by atoms with Gasteiger partial charge in [-0.25, -0.2) is 9.67 Å². The molecule has 1 N–H and O–H groups in total. The van der Waals surface area contributed by atoms with Gasteiger partial charge in [0.1, 0.15) is 6.10 Å². The standard InChI is InChI=1S/C21H21N5O3/c1-13-24-20(25-29-13)14-5-7-17(8-6-14)26-21-16(11-23-26)9-15(10-22-21)19(27)12-28-18-3-2-4-18/h5-11,18-19,27H,2-4,12H2,1H3/t19-/m1/s1. The van der Waals surface area contributed by atoms with Crippen LogP contribution in [0.4, 0.5) is 0 Å². The summed E-state index contributed by atoms with van der Waals surface area (Å²) in [4.78, 5) is 8.77. The normalized spacial score (nSPS) is 15.5. The highest BCUT2D eigenvalue weighted by atomic mass is 16.5. The molecule has 1 aliphatic carbocycles. The van der Waals surface area contributed by atoms with Crippen molar-refractivity contribution in [3.8, 4) is 17.1 Å². The van der Waals surface area contributed by atoms with Crippen molar-refractivity contribution in [2.75, 3.05) is 6.61 Å². The van der Waals surface area contributed by atoms with E-state index in [4.69, 9.17) is 9.26 Å². The van der Waals surface area contributed by atoms with Gasteiger partial charge >= 0.3 is 0 Å². The molecule has 1 aromatic carbocycles. The van der Waals surface area contributed by atoms with Crippen LogP contribution in [0.3, 0.4) is 0 Å². The number of nitrogens with zero attached hydrogens (tertiary/aromatic N) is 5. The highest BCUT2D eigenvalue weighted by Crippen LogP contribution is 2.26. The lowest BCUT2D eigenvalue weighted by Gasteiger charge is -2.26. The molecule has 8 heteroatoms. The summed E-state index contributed by atoms with van der Waals surface area (Å²) in [5.74, 6) is 1.09. The Morgan fingerprint density at radius 1 is 1.24 bits per heavy atom. The Kier molecular flexibility index (Phi) is 4.57. The lowest BCUT2D eigenvalue weighted by atomic mass is 9.96. The van der Waals surface area contributed by atoms with Gasteiger partial charge < -0.3 is 14.4 Å². The fourth-order valence-corrected chi connectivity index (χ4v) is 3.34. The molecule has 0 spiro atoms. The molecule has 3 aromatic heterocycles. The largest absolute Gasteiger partial charge is 0.386 e. The first-order valence-electron chi connectivity index (χ1n) is 9.72. The topological polar surface area (TPSA) is 99.1 Å². The molecule has 8 nitrogen and oxygen atoms in total. The number of benzene rings is 1. The van der Waals surface area contributed by atoms with Crippen molar-refractivity contribution in [2.45, 2.75) is 38.4 Å². The molecule has 29 heavy (non-hydrogen) atoms. The first-order chi connectivity index (χ1) is 14.2. The maximum atomic E-state index is 10.4. The second-order valence-corrected chi connectivity index (χ2v) is 7.32. The Morgan fingerprint density at radius 3 is 2.76 bits per heavy atom. The van der Waals surface area contributed by atoms with Crippen LogP contribution in [-0.4, -0.2) is 42.7 Å². The molecule has 1 aliphatic rings. The van der Waals surface area contributed by atoms with E-state index in [-0.39, 0.29) is 0 Å². The van der Waals surface area contributed by atoms with Crippen LogP contribution in [0.1, 0.15) is 36.8 Å². The number of ether oxygens (including phenoxy) is 1. The molecule has 0 saturated heterocycles. The van der Waals surface area contributed by atoms with Crippen LogP contribution in [0.2, 0.25) is 0 Å². The Bertz CT molecular complexity index is 1130. The van der Waals surface area contributed by atoms with E-state index in [0.717, 1.165) is 40.7 Å². The van der Waals surface area contributed by atoms with Gasteiger partial charge in [-0.2, -0.15) is 10.1 Å². The molecule has 1 saturated carbocycles. The average molecular weight is 391 g/mol. The maximum absolute atomic E-state index is 10.4. The van der Waals surface area contributed by atoms with Crippen molar-refractivity contribution in [1.29, 1.82) is 0 Å². The molecule has 0 amide bonds. The zero-order valence-electron chi connectivity index (χ0n) is 16.0. The molecule has 0 unspecified atom stereocenters. The summed E-state index contributed by atoms with van der Waals surface area (Å²) >= 11 is 0. The van der Waals surface area contributed by atoms with E-state index < -0.39 is 6.10 Å². The first kappa shape index (κ1) is 18.0. The fourth-order valence-electron chi connectivity index (χ4n) is 3.34. The Labute approximate surface area is 167 Å². The predicted molar refractivity (Wildman–Crippen MR) is 105 cm³/mol. The van der Waals surface area contributed by atoms with Crippen molar-refractivity contribution < 1.29 is 14.4 Å². The van der Waals surface area contributed by atoms with Crippen LogP contribution in [0.5, 0.6) is 0 Å². The molecule has 4 aromatic rings. The minimum absolute atomic E-state index is 0.295. The third-order valence-electron chi connectivity index (χ3n) is 5.25. The monoisotopic (exact) mass is 391 g/mol. The summed E-state index contributed by atoms with van der Waals surface area (Å²) in [7, 11) is 0. The molecular formula is C21H21N5O3. The first-order valence-corrected chi connectivity index (χ1v) is 9.72. The summed E-state index contributed by atoms with van der Waals surface area (Å²) in [5.41, 5.74) is 3.20. The van der Waals surface area contributed by atoms with Gasteiger partial charge in [-0.05, 0) is 49.6 Å². The van der Waals surface area contributed by atoms with Crippen LogP contribution < -0.4 is 0 Å². The second-order valence-electron chi connectivity index (χ2n) is 7.32. The van der Waals surface area contributed by atoms with Gasteiger partial charge in [0, 0.05) is 29.6 Å². The number of aliphatic hydroxyl groups excluding tert-OH is 1. The van der Waals surface area contributed by atoms with E-state index >= 15 is 0 Å². The number of aryl methyl sites for hydroxylation is 1. The van der Waals surface area contributed by atoms with Gasteiger partial charge in [0.15, 0.2) is 5.65 Å². The van der Waals surface area contributed by atoms with Gasteiger partial charge in [-0.15, -0.1) is 0 Å². The van der Waals surface area contributed by atoms with Crippen LogP contribution in [-0.2, 0) is 4.74 Å². The molecule has 1 fully saturated rings. The van der Waals surface area contributed by atoms with Crippen LogP contribution >= 0.6 is 0 Å². The Morgan fingerprint density at radius 2 is 2.07 bits per heavy atom. The summed E-state index contributed by atoms with van der Waals surface area (Å²) in [5, 5.41) is 19.7. The van der Waals surface area contributed by atoms with Gasteiger partial charge in [0.2, 0.25) is 11.7 Å². The maximum Gasteiger partial charge on any atom is 0.223 e. The van der Waals surface area contributed by atoms with E-state index in [1.807, 2.05) is 30.3 Å². The molecule has 0 bridgehead atoms. The van der Waals surface area contributed by atoms with Crippen molar-refractivity contribution in [3.05, 3.63) is 54.2 Å². The molecular weight excluding hydrogens is 370 g/mol. The number of aromatic nitrogens is 5. The minimum atomic E-state index is -0.687. The van der Waals surface area contributed by atoms with E-state index in [1.165, 1.54) is 6.42 Å². The second kappa shape index (κ2) is 7.38. The van der Waals surface area contributed by atoms with Crippen LogP contribution in [0, 0.1) is 6.92 Å². The minimum Gasteiger partial charge on any atom is -0.386 e. The van der Waals surface area contributed by atoms with E-state index in [9.17, 15) is 5.11 Å².